The molecule has 1 aliphatic heterocycles. The highest BCUT2D eigenvalue weighted by Gasteiger charge is 2.17. The molecule has 3 rings (SSSR count). The van der Waals surface area contributed by atoms with Gasteiger partial charge in [-0.1, -0.05) is 18.5 Å². The van der Waals surface area contributed by atoms with Crippen molar-refractivity contribution in [3.63, 3.8) is 0 Å². The van der Waals surface area contributed by atoms with E-state index >= 15 is 0 Å². The van der Waals surface area contributed by atoms with Crippen LogP contribution in [0.3, 0.4) is 0 Å². The van der Waals surface area contributed by atoms with Crippen molar-refractivity contribution in [3.05, 3.63) is 16.1 Å². The molecule has 1 aliphatic rings. The first-order chi connectivity index (χ1) is 8.78. The standard InChI is InChI=1S/C12H14ClN3OS/c1-2-8-7-9-10(13)14-12(15-11(9)18-8)16-3-5-17-6-4-16/h7H,2-6H2,1H3. The van der Waals surface area contributed by atoms with Crippen LogP contribution < -0.4 is 4.90 Å². The minimum atomic E-state index is 0.553. The predicted molar refractivity (Wildman–Crippen MR) is 74.8 cm³/mol. The zero-order valence-electron chi connectivity index (χ0n) is 10.1. The summed E-state index contributed by atoms with van der Waals surface area (Å²) in [5.41, 5.74) is 0. The van der Waals surface area contributed by atoms with E-state index in [0.717, 1.165) is 48.9 Å². The Morgan fingerprint density at radius 1 is 1.39 bits per heavy atom. The number of aromatic nitrogens is 2. The van der Waals surface area contributed by atoms with E-state index in [9.17, 15) is 0 Å². The molecule has 2 aromatic heterocycles. The van der Waals surface area contributed by atoms with Crippen LogP contribution in [-0.4, -0.2) is 36.3 Å². The second-order valence-corrected chi connectivity index (χ2v) is 5.67. The Balaban J connectivity index is 2.02. The van der Waals surface area contributed by atoms with Crippen LogP contribution in [0, 0.1) is 0 Å². The maximum Gasteiger partial charge on any atom is 0.228 e. The summed E-state index contributed by atoms with van der Waals surface area (Å²) < 4.78 is 5.33. The van der Waals surface area contributed by atoms with Gasteiger partial charge in [0.05, 0.1) is 13.2 Å². The summed E-state index contributed by atoms with van der Waals surface area (Å²) >= 11 is 7.95. The van der Waals surface area contributed by atoms with Crippen molar-refractivity contribution in [2.24, 2.45) is 0 Å². The molecule has 1 saturated heterocycles. The van der Waals surface area contributed by atoms with Crippen molar-refractivity contribution >= 4 is 39.1 Å². The number of hydrogen-bond acceptors (Lipinski definition) is 5. The maximum atomic E-state index is 6.25. The molecule has 6 heteroatoms. The first kappa shape index (κ1) is 12.1. The topological polar surface area (TPSA) is 38.2 Å². The number of nitrogens with zero attached hydrogens (tertiary/aromatic N) is 3. The van der Waals surface area contributed by atoms with Gasteiger partial charge in [0, 0.05) is 23.4 Å². The number of morpholine rings is 1. The number of hydrogen-bond donors (Lipinski definition) is 0. The second kappa shape index (κ2) is 4.99. The minimum Gasteiger partial charge on any atom is -0.378 e. The molecule has 3 heterocycles. The van der Waals surface area contributed by atoms with Gasteiger partial charge in [-0.2, -0.15) is 0 Å². The van der Waals surface area contributed by atoms with Crippen molar-refractivity contribution in [2.75, 3.05) is 31.2 Å². The Morgan fingerprint density at radius 3 is 2.89 bits per heavy atom. The van der Waals surface area contributed by atoms with Crippen LogP contribution in [0.4, 0.5) is 5.95 Å². The second-order valence-electron chi connectivity index (χ2n) is 4.20. The summed E-state index contributed by atoms with van der Waals surface area (Å²) in [7, 11) is 0. The number of ether oxygens (including phenoxy) is 1. The molecule has 1 fully saturated rings. The summed E-state index contributed by atoms with van der Waals surface area (Å²) in [6, 6.07) is 2.09. The van der Waals surface area contributed by atoms with Crippen LogP contribution in [0.25, 0.3) is 10.2 Å². The highest BCUT2D eigenvalue weighted by Crippen LogP contribution is 2.30. The summed E-state index contributed by atoms with van der Waals surface area (Å²) in [5, 5.41) is 1.52. The molecule has 0 N–H and O–H groups in total. The summed E-state index contributed by atoms with van der Waals surface area (Å²) in [5.74, 6) is 0.723. The van der Waals surface area contributed by atoms with Crippen molar-refractivity contribution in [1.82, 2.24) is 9.97 Å². The van der Waals surface area contributed by atoms with Gasteiger partial charge < -0.3 is 9.64 Å². The molecule has 0 atom stereocenters. The first-order valence-corrected chi connectivity index (χ1v) is 7.26. The zero-order chi connectivity index (χ0) is 12.5. The quantitative estimate of drug-likeness (QED) is 0.795. The summed E-state index contributed by atoms with van der Waals surface area (Å²) in [4.78, 5) is 13.4. The fourth-order valence-electron chi connectivity index (χ4n) is 2.01. The Labute approximate surface area is 115 Å². The number of halogens is 1. The summed E-state index contributed by atoms with van der Waals surface area (Å²) in [6.45, 7) is 5.24. The number of anilines is 1. The maximum absolute atomic E-state index is 6.25. The SMILES string of the molecule is CCc1cc2c(Cl)nc(N3CCOCC3)nc2s1. The molecule has 18 heavy (non-hydrogen) atoms. The fourth-order valence-corrected chi connectivity index (χ4v) is 3.24. The van der Waals surface area contributed by atoms with E-state index in [1.165, 1.54) is 4.88 Å². The van der Waals surface area contributed by atoms with Crippen LogP contribution >= 0.6 is 22.9 Å². The lowest BCUT2D eigenvalue weighted by molar-refractivity contribution is 0.122. The highest BCUT2D eigenvalue weighted by molar-refractivity contribution is 7.18. The molecule has 0 radical (unpaired) electrons. The lowest BCUT2D eigenvalue weighted by Gasteiger charge is -2.26. The van der Waals surface area contributed by atoms with Crippen LogP contribution in [0.2, 0.25) is 5.15 Å². The van der Waals surface area contributed by atoms with Gasteiger partial charge in [-0.15, -0.1) is 11.3 Å². The zero-order valence-corrected chi connectivity index (χ0v) is 11.7. The van der Waals surface area contributed by atoms with Gasteiger partial charge >= 0.3 is 0 Å². The Hall–Kier alpha value is -0.910. The molecule has 4 nitrogen and oxygen atoms in total. The van der Waals surface area contributed by atoms with Crippen molar-refractivity contribution in [1.29, 1.82) is 0 Å². The van der Waals surface area contributed by atoms with Crippen LogP contribution in [0.5, 0.6) is 0 Å². The van der Waals surface area contributed by atoms with Gasteiger partial charge in [0.15, 0.2) is 0 Å². The Morgan fingerprint density at radius 2 is 2.17 bits per heavy atom. The van der Waals surface area contributed by atoms with E-state index in [4.69, 9.17) is 16.3 Å². The number of rotatable bonds is 2. The number of aryl methyl sites for hydroxylation is 1. The molecule has 0 aromatic carbocycles. The average Bonchev–Trinajstić information content (AvgIpc) is 2.83. The van der Waals surface area contributed by atoms with Crippen molar-refractivity contribution < 1.29 is 4.74 Å². The largest absolute Gasteiger partial charge is 0.378 e. The van der Waals surface area contributed by atoms with Gasteiger partial charge in [-0.25, -0.2) is 9.97 Å². The molecule has 2 aromatic rings. The molecule has 0 spiro atoms. The predicted octanol–water partition coefficient (Wildman–Crippen LogP) is 2.74. The molecule has 0 amide bonds. The number of fused-ring (bicyclic) bond motifs is 1. The molecular weight excluding hydrogens is 270 g/mol. The van der Waals surface area contributed by atoms with Gasteiger partial charge in [0.1, 0.15) is 9.98 Å². The van der Waals surface area contributed by atoms with E-state index in [1.807, 2.05) is 0 Å². The monoisotopic (exact) mass is 283 g/mol. The van der Waals surface area contributed by atoms with E-state index < -0.39 is 0 Å². The molecule has 0 saturated carbocycles. The van der Waals surface area contributed by atoms with Crippen molar-refractivity contribution in [2.45, 2.75) is 13.3 Å². The van der Waals surface area contributed by atoms with E-state index in [1.54, 1.807) is 11.3 Å². The average molecular weight is 284 g/mol. The van der Waals surface area contributed by atoms with E-state index in [0.29, 0.717) is 5.15 Å². The molecule has 0 unspecified atom stereocenters. The third kappa shape index (κ3) is 2.18. The molecule has 96 valence electrons. The summed E-state index contributed by atoms with van der Waals surface area (Å²) in [6.07, 6.45) is 1.00. The fraction of sp³-hybridized carbons (Fsp3) is 0.500. The van der Waals surface area contributed by atoms with Gasteiger partial charge in [-0.05, 0) is 12.5 Å². The lowest BCUT2D eigenvalue weighted by atomic mass is 10.3. The van der Waals surface area contributed by atoms with Gasteiger partial charge in [0.2, 0.25) is 5.95 Å². The van der Waals surface area contributed by atoms with Gasteiger partial charge in [0.25, 0.3) is 0 Å². The van der Waals surface area contributed by atoms with Gasteiger partial charge in [-0.3, -0.25) is 0 Å². The molecule has 0 bridgehead atoms. The van der Waals surface area contributed by atoms with Crippen LogP contribution in [0.1, 0.15) is 11.8 Å². The first-order valence-electron chi connectivity index (χ1n) is 6.06. The third-order valence-electron chi connectivity index (χ3n) is 3.03. The smallest absolute Gasteiger partial charge is 0.228 e. The minimum absolute atomic E-state index is 0.553. The van der Waals surface area contributed by atoms with E-state index in [-0.39, 0.29) is 0 Å². The molecular formula is C12H14ClN3OS. The third-order valence-corrected chi connectivity index (χ3v) is 4.49. The van der Waals surface area contributed by atoms with Crippen LogP contribution in [-0.2, 0) is 11.2 Å². The highest BCUT2D eigenvalue weighted by atomic mass is 35.5. The normalized spacial score (nSPS) is 16.4. The number of thiophene rings is 1. The van der Waals surface area contributed by atoms with Crippen LogP contribution in [0.15, 0.2) is 6.07 Å². The van der Waals surface area contributed by atoms with E-state index in [2.05, 4.69) is 27.9 Å². The Kier molecular flexibility index (Phi) is 3.37. The van der Waals surface area contributed by atoms with Crippen molar-refractivity contribution in [3.8, 4) is 0 Å². The molecule has 0 aliphatic carbocycles. The Bertz CT molecular complexity index is 566. The lowest BCUT2D eigenvalue weighted by Crippen LogP contribution is -2.37.